The number of hydrogen-bond acceptors (Lipinski definition) is 6. The second-order valence-corrected chi connectivity index (χ2v) is 5.03. The van der Waals surface area contributed by atoms with Crippen molar-refractivity contribution in [3.05, 3.63) is 41.7 Å². The Labute approximate surface area is 110 Å². The third kappa shape index (κ3) is 2.18. The number of anilines is 1. The summed E-state index contributed by atoms with van der Waals surface area (Å²) in [7, 11) is 0. The second-order valence-electron chi connectivity index (χ2n) is 3.33. The molecule has 0 bridgehead atoms. The number of aromatic nitrogens is 2. The van der Waals surface area contributed by atoms with E-state index >= 15 is 0 Å². The Balaban J connectivity index is 1.76. The molecule has 0 aliphatic rings. The molecule has 3 aromatic rings. The SMILES string of the molecule is O=C(Nc1nc(-c2cccs2)ns1)c1ccco1. The van der Waals surface area contributed by atoms with E-state index < -0.39 is 0 Å². The Morgan fingerprint density at radius 2 is 2.28 bits per heavy atom. The Morgan fingerprint density at radius 3 is 3.00 bits per heavy atom. The highest BCUT2D eigenvalue weighted by molar-refractivity contribution is 7.14. The molecule has 0 spiro atoms. The molecule has 90 valence electrons. The Morgan fingerprint density at radius 1 is 1.33 bits per heavy atom. The standard InChI is InChI=1S/C11H7N3O2S2/c15-10(7-3-1-5-16-7)13-11-12-9(14-18-11)8-4-2-6-17-8/h1-6H,(H,12,13,14,15). The molecule has 3 heterocycles. The van der Waals surface area contributed by atoms with Crippen molar-refractivity contribution in [1.29, 1.82) is 0 Å². The Bertz CT molecular complexity index is 644. The molecule has 0 unspecified atom stereocenters. The van der Waals surface area contributed by atoms with Crippen molar-refractivity contribution in [1.82, 2.24) is 9.36 Å². The van der Waals surface area contributed by atoms with E-state index in [1.165, 1.54) is 6.26 Å². The number of rotatable bonds is 3. The number of nitrogens with one attached hydrogen (secondary N) is 1. The summed E-state index contributed by atoms with van der Waals surface area (Å²) in [6.45, 7) is 0. The van der Waals surface area contributed by atoms with Crippen molar-refractivity contribution in [3.63, 3.8) is 0 Å². The summed E-state index contributed by atoms with van der Waals surface area (Å²) < 4.78 is 9.18. The molecule has 5 nitrogen and oxygen atoms in total. The minimum Gasteiger partial charge on any atom is -0.459 e. The van der Waals surface area contributed by atoms with Crippen molar-refractivity contribution in [3.8, 4) is 10.7 Å². The van der Waals surface area contributed by atoms with Gasteiger partial charge in [0.25, 0.3) is 5.91 Å². The molecular formula is C11H7N3O2S2. The van der Waals surface area contributed by atoms with Crippen molar-refractivity contribution >= 4 is 33.9 Å². The molecule has 0 fully saturated rings. The van der Waals surface area contributed by atoms with Gasteiger partial charge in [0.2, 0.25) is 5.13 Å². The normalized spacial score (nSPS) is 10.4. The zero-order valence-electron chi connectivity index (χ0n) is 8.99. The zero-order valence-corrected chi connectivity index (χ0v) is 10.6. The lowest BCUT2D eigenvalue weighted by Crippen LogP contribution is -2.10. The van der Waals surface area contributed by atoms with Gasteiger partial charge in [0.1, 0.15) is 0 Å². The lowest BCUT2D eigenvalue weighted by molar-refractivity contribution is 0.0996. The molecule has 3 aromatic heterocycles. The Hall–Kier alpha value is -1.99. The maximum atomic E-state index is 11.7. The number of furan rings is 1. The summed E-state index contributed by atoms with van der Waals surface area (Å²) in [5, 5.41) is 5.06. The molecule has 1 amide bonds. The first-order valence-corrected chi connectivity index (χ1v) is 6.71. The lowest BCUT2D eigenvalue weighted by Gasteiger charge is -1.95. The van der Waals surface area contributed by atoms with Crippen LogP contribution in [0, 0.1) is 0 Å². The minimum atomic E-state index is -0.325. The topological polar surface area (TPSA) is 68.0 Å². The maximum absolute atomic E-state index is 11.7. The van der Waals surface area contributed by atoms with E-state index in [0.717, 1.165) is 16.4 Å². The van der Waals surface area contributed by atoms with Crippen LogP contribution in [0.15, 0.2) is 40.3 Å². The van der Waals surface area contributed by atoms with Crippen molar-refractivity contribution in [2.24, 2.45) is 0 Å². The van der Waals surface area contributed by atoms with Gasteiger partial charge in [-0.1, -0.05) is 6.07 Å². The van der Waals surface area contributed by atoms with Crippen LogP contribution in [0.3, 0.4) is 0 Å². The smallest absolute Gasteiger partial charge is 0.293 e. The van der Waals surface area contributed by atoms with Gasteiger partial charge < -0.3 is 4.42 Å². The van der Waals surface area contributed by atoms with Crippen LogP contribution in [0.4, 0.5) is 5.13 Å². The highest BCUT2D eigenvalue weighted by Gasteiger charge is 2.13. The van der Waals surface area contributed by atoms with E-state index in [1.807, 2.05) is 17.5 Å². The summed E-state index contributed by atoms with van der Waals surface area (Å²) in [5.74, 6) is 0.557. The quantitative estimate of drug-likeness (QED) is 0.798. The van der Waals surface area contributed by atoms with Gasteiger partial charge in [-0.3, -0.25) is 10.1 Å². The average Bonchev–Trinajstić information content (AvgIpc) is 3.12. The molecule has 7 heteroatoms. The van der Waals surface area contributed by atoms with Crippen LogP contribution in [-0.2, 0) is 0 Å². The number of amides is 1. The van der Waals surface area contributed by atoms with Gasteiger partial charge >= 0.3 is 0 Å². The molecule has 0 saturated heterocycles. The van der Waals surface area contributed by atoms with E-state index in [1.54, 1.807) is 23.5 Å². The summed E-state index contributed by atoms with van der Waals surface area (Å²) in [6.07, 6.45) is 1.45. The van der Waals surface area contributed by atoms with Gasteiger partial charge in [-0.2, -0.15) is 9.36 Å². The van der Waals surface area contributed by atoms with E-state index in [2.05, 4.69) is 14.7 Å². The third-order valence-corrected chi connectivity index (χ3v) is 3.63. The fourth-order valence-electron chi connectivity index (χ4n) is 1.35. The molecule has 0 aromatic carbocycles. The first-order valence-electron chi connectivity index (χ1n) is 5.05. The van der Waals surface area contributed by atoms with Crippen LogP contribution in [0.2, 0.25) is 0 Å². The molecule has 0 aliphatic carbocycles. The first-order chi connectivity index (χ1) is 8.83. The number of carbonyl (C=O) groups is 1. The van der Waals surface area contributed by atoms with E-state index in [4.69, 9.17) is 4.42 Å². The minimum absolute atomic E-state index is 0.253. The largest absolute Gasteiger partial charge is 0.459 e. The number of hydrogen-bond donors (Lipinski definition) is 1. The van der Waals surface area contributed by atoms with Crippen LogP contribution in [0.5, 0.6) is 0 Å². The average molecular weight is 277 g/mol. The van der Waals surface area contributed by atoms with E-state index in [9.17, 15) is 4.79 Å². The summed E-state index contributed by atoms with van der Waals surface area (Å²) in [6, 6.07) is 7.12. The van der Waals surface area contributed by atoms with Crippen molar-refractivity contribution in [2.45, 2.75) is 0 Å². The predicted octanol–water partition coefficient (Wildman–Crippen LogP) is 3.11. The number of nitrogens with zero attached hydrogens (tertiary/aromatic N) is 2. The number of thiophene rings is 1. The predicted molar refractivity (Wildman–Crippen MR) is 69.9 cm³/mol. The molecule has 1 N–H and O–H groups in total. The van der Waals surface area contributed by atoms with Gasteiger partial charge in [0.15, 0.2) is 11.6 Å². The summed E-state index contributed by atoms with van der Waals surface area (Å²) in [4.78, 5) is 16.9. The maximum Gasteiger partial charge on any atom is 0.293 e. The van der Waals surface area contributed by atoms with Crippen molar-refractivity contribution < 1.29 is 9.21 Å². The van der Waals surface area contributed by atoms with Crippen LogP contribution >= 0.6 is 22.9 Å². The zero-order chi connectivity index (χ0) is 12.4. The molecule has 0 saturated carbocycles. The van der Waals surface area contributed by atoms with E-state index in [0.29, 0.717) is 11.0 Å². The van der Waals surface area contributed by atoms with Crippen LogP contribution in [0.1, 0.15) is 10.6 Å². The van der Waals surface area contributed by atoms with Crippen molar-refractivity contribution in [2.75, 3.05) is 5.32 Å². The first kappa shape index (κ1) is 11.1. The molecule has 18 heavy (non-hydrogen) atoms. The molecule has 0 aliphatic heterocycles. The Kier molecular flexibility index (Phi) is 2.91. The molecule has 0 atom stereocenters. The second kappa shape index (κ2) is 4.71. The van der Waals surface area contributed by atoms with Crippen LogP contribution < -0.4 is 5.32 Å². The number of carbonyl (C=O) groups excluding carboxylic acids is 1. The molecule has 0 radical (unpaired) electrons. The van der Waals surface area contributed by atoms with E-state index in [-0.39, 0.29) is 11.7 Å². The van der Waals surface area contributed by atoms with Gasteiger partial charge in [-0.15, -0.1) is 11.3 Å². The molecular weight excluding hydrogens is 270 g/mol. The van der Waals surface area contributed by atoms with Gasteiger partial charge in [0, 0.05) is 11.5 Å². The summed E-state index contributed by atoms with van der Waals surface area (Å²) in [5.41, 5.74) is 0. The highest BCUT2D eigenvalue weighted by atomic mass is 32.1. The van der Waals surface area contributed by atoms with Gasteiger partial charge in [0.05, 0.1) is 11.1 Å². The fourth-order valence-corrected chi connectivity index (χ4v) is 2.64. The molecule has 3 rings (SSSR count). The fraction of sp³-hybridized carbons (Fsp3) is 0. The highest BCUT2D eigenvalue weighted by Crippen LogP contribution is 2.25. The van der Waals surface area contributed by atoms with Crippen LogP contribution in [-0.4, -0.2) is 15.3 Å². The third-order valence-electron chi connectivity index (χ3n) is 2.13. The van der Waals surface area contributed by atoms with Gasteiger partial charge in [-0.05, 0) is 23.6 Å². The van der Waals surface area contributed by atoms with Gasteiger partial charge in [-0.25, -0.2) is 0 Å². The van der Waals surface area contributed by atoms with Crippen LogP contribution in [0.25, 0.3) is 10.7 Å². The lowest BCUT2D eigenvalue weighted by atomic mass is 10.4. The monoisotopic (exact) mass is 277 g/mol. The summed E-state index contributed by atoms with van der Waals surface area (Å²) >= 11 is 2.70.